The number of benzene rings is 1. The van der Waals surface area contributed by atoms with Crippen LogP contribution in [0.5, 0.6) is 0 Å². The van der Waals surface area contributed by atoms with Crippen molar-refractivity contribution in [2.45, 2.75) is 19.5 Å². The van der Waals surface area contributed by atoms with Crippen LogP contribution in [-0.4, -0.2) is 30.2 Å². The fourth-order valence-corrected chi connectivity index (χ4v) is 3.25. The van der Waals surface area contributed by atoms with Gasteiger partial charge >= 0.3 is 0 Å². The van der Waals surface area contributed by atoms with E-state index in [0.717, 1.165) is 5.56 Å². The van der Waals surface area contributed by atoms with Gasteiger partial charge in [0.25, 0.3) is 5.56 Å². The van der Waals surface area contributed by atoms with Crippen molar-refractivity contribution in [2.24, 2.45) is 0 Å². The first-order valence-electron chi connectivity index (χ1n) is 9.05. The van der Waals surface area contributed by atoms with Gasteiger partial charge in [-0.25, -0.2) is 9.67 Å². The molecule has 1 amide bonds. The number of pyridine rings is 1. The molecule has 0 saturated heterocycles. The summed E-state index contributed by atoms with van der Waals surface area (Å²) in [5.74, 6) is 0.533. The van der Waals surface area contributed by atoms with Gasteiger partial charge in [-0.2, -0.15) is 5.10 Å². The van der Waals surface area contributed by atoms with E-state index in [1.54, 1.807) is 35.3 Å². The van der Waals surface area contributed by atoms with Gasteiger partial charge in [0.2, 0.25) is 5.91 Å². The smallest absolute Gasteiger partial charge is 0.262 e. The Hall–Kier alpha value is -3.59. The molecule has 9 heteroatoms. The zero-order valence-electron chi connectivity index (χ0n) is 15.4. The molecule has 3 heterocycles. The molecule has 3 aromatic heterocycles. The van der Waals surface area contributed by atoms with E-state index >= 15 is 0 Å². The van der Waals surface area contributed by atoms with Crippen LogP contribution in [0.25, 0.3) is 16.7 Å². The number of amides is 1. The van der Waals surface area contributed by atoms with Gasteiger partial charge < -0.3 is 10.3 Å². The fraction of sp³-hybridized carbons (Fsp3) is 0.150. The highest BCUT2D eigenvalue weighted by molar-refractivity contribution is 7.71. The Morgan fingerprint density at radius 3 is 2.79 bits per heavy atom. The van der Waals surface area contributed by atoms with Crippen LogP contribution < -0.4 is 10.9 Å². The molecular weight excluding hydrogens is 388 g/mol. The van der Waals surface area contributed by atoms with E-state index in [2.05, 4.69) is 20.4 Å². The number of carbonyl (C=O) groups is 1. The normalized spacial score (nSPS) is 10.9. The summed E-state index contributed by atoms with van der Waals surface area (Å²) in [6.45, 7) is 0.562. The summed E-state index contributed by atoms with van der Waals surface area (Å²) in [6.07, 6.45) is 5.34. The van der Waals surface area contributed by atoms with Crippen molar-refractivity contribution in [1.29, 1.82) is 0 Å². The van der Waals surface area contributed by atoms with E-state index in [0.29, 0.717) is 28.0 Å². The van der Waals surface area contributed by atoms with Crippen LogP contribution in [0, 0.1) is 4.77 Å². The maximum absolute atomic E-state index is 12.6. The molecular formula is C20H18N6O2S. The maximum Gasteiger partial charge on any atom is 0.262 e. The lowest BCUT2D eigenvalue weighted by Gasteiger charge is -2.09. The van der Waals surface area contributed by atoms with Crippen LogP contribution in [0.4, 0.5) is 0 Å². The van der Waals surface area contributed by atoms with E-state index in [4.69, 9.17) is 12.2 Å². The molecule has 0 aliphatic heterocycles. The average Bonchev–Trinajstić information content (AvgIpc) is 3.27. The van der Waals surface area contributed by atoms with Crippen LogP contribution in [-0.2, 0) is 17.9 Å². The summed E-state index contributed by atoms with van der Waals surface area (Å²) in [7, 11) is 0. The lowest BCUT2D eigenvalue weighted by Crippen LogP contribution is -2.28. The van der Waals surface area contributed by atoms with Crippen molar-refractivity contribution in [3.05, 3.63) is 81.7 Å². The van der Waals surface area contributed by atoms with Crippen molar-refractivity contribution in [3.63, 3.8) is 0 Å². The van der Waals surface area contributed by atoms with Crippen molar-refractivity contribution >= 4 is 29.0 Å². The van der Waals surface area contributed by atoms with E-state index in [-0.39, 0.29) is 24.4 Å². The standard InChI is InChI=1S/C20H18N6O2S/c27-18(22-13-14-6-7-17(21-12-14)26-10-3-9-23-26)8-11-25-19(28)15-4-1-2-5-16(15)24-20(25)29/h1-7,9-10,12H,8,11,13H2,(H,22,27)(H,24,29). The number of carbonyl (C=O) groups excluding carboxylic acids is 1. The summed E-state index contributed by atoms with van der Waals surface area (Å²) in [6, 6.07) is 12.7. The first-order valence-corrected chi connectivity index (χ1v) is 9.46. The summed E-state index contributed by atoms with van der Waals surface area (Å²) >= 11 is 5.27. The SMILES string of the molecule is O=C(CCn1c(=S)[nH]c2ccccc2c1=O)NCc1ccc(-n2cccn2)nc1. The molecule has 0 aliphatic carbocycles. The molecule has 0 spiro atoms. The third kappa shape index (κ3) is 4.14. The van der Waals surface area contributed by atoms with Crippen molar-refractivity contribution < 1.29 is 4.79 Å². The first-order chi connectivity index (χ1) is 14.1. The Bertz CT molecular complexity index is 1260. The van der Waals surface area contributed by atoms with Crippen molar-refractivity contribution in [1.82, 2.24) is 29.6 Å². The average molecular weight is 406 g/mol. The van der Waals surface area contributed by atoms with Gasteiger partial charge in [-0.3, -0.25) is 14.2 Å². The Balaban J connectivity index is 1.37. The topological polar surface area (TPSA) is 97.6 Å². The van der Waals surface area contributed by atoms with Gasteiger partial charge in [-0.05, 0) is 42.0 Å². The number of H-pyrrole nitrogens is 1. The number of rotatable bonds is 6. The zero-order valence-corrected chi connectivity index (χ0v) is 16.2. The molecule has 0 saturated carbocycles. The molecule has 0 unspecified atom stereocenters. The van der Waals surface area contributed by atoms with E-state index in [9.17, 15) is 9.59 Å². The molecule has 0 aliphatic rings. The Morgan fingerprint density at radius 1 is 1.17 bits per heavy atom. The molecule has 146 valence electrons. The Morgan fingerprint density at radius 2 is 2.03 bits per heavy atom. The second-order valence-corrected chi connectivity index (χ2v) is 6.82. The predicted molar refractivity (Wildman–Crippen MR) is 111 cm³/mol. The summed E-state index contributed by atoms with van der Waals surface area (Å²) in [4.78, 5) is 32.2. The van der Waals surface area contributed by atoms with Crippen LogP contribution in [0.2, 0.25) is 0 Å². The first kappa shape index (κ1) is 18.8. The second kappa shape index (κ2) is 8.19. The van der Waals surface area contributed by atoms with E-state index in [1.807, 2.05) is 30.5 Å². The molecule has 2 N–H and O–H groups in total. The minimum Gasteiger partial charge on any atom is -0.352 e. The molecule has 8 nitrogen and oxygen atoms in total. The van der Waals surface area contributed by atoms with E-state index in [1.165, 1.54) is 4.57 Å². The summed E-state index contributed by atoms with van der Waals surface area (Å²) in [5.41, 5.74) is 1.36. The molecule has 4 aromatic rings. The molecule has 0 radical (unpaired) electrons. The van der Waals surface area contributed by atoms with Gasteiger partial charge in [0.05, 0.1) is 10.9 Å². The van der Waals surface area contributed by atoms with Gasteiger partial charge in [0, 0.05) is 38.1 Å². The van der Waals surface area contributed by atoms with Crippen LogP contribution in [0.3, 0.4) is 0 Å². The monoisotopic (exact) mass is 406 g/mol. The largest absolute Gasteiger partial charge is 0.352 e. The highest BCUT2D eigenvalue weighted by atomic mass is 32.1. The quantitative estimate of drug-likeness (QED) is 0.479. The Kier molecular flexibility index (Phi) is 5.30. The maximum atomic E-state index is 12.6. The Labute approximate surface area is 170 Å². The lowest BCUT2D eigenvalue weighted by atomic mass is 10.2. The molecule has 29 heavy (non-hydrogen) atoms. The third-order valence-electron chi connectivity index (χ3n) is 4.49. The van der Waals surface area contributed by atoms with Crippen molar-refractivity contribution in [3.8, 4) is 5.82 Å². The van der Waals surface area contributed by atoms with Gasteiger partial charge in [0.1, 0.15) is 0 Å². The molecule has 0 bridgehead atoms. The number of aromatic amines is 1. The summed E-state index contributed by atoms with van der Waals surface area (Å²) in [5, 5.41) is 7.51. The highest BCUT2D eigenvalue weighted by Crippen LogP contribution is 2.07. The van der Waals surface area contributed by atoms with Gasteiger partial charge in [0.15, 0.2) is 10.6 Å². The molecule has 0 atom stereocenters. The van der Waals surface area contributed by atoms with Gasteiger partial charge in [-0.1, -0.05) is 18.2 Å². The minimum absolute atomic E-state index is 0.147. The number of para-hydroxylation sites is 1. The van der Waals surface area contributed by atoms with Crippen molar-refractivity contribution in [2.75, 3.05) is 0 Å². The zero-order chi connectivity index (χ0) is 20.2. The molecule has 1 aromatic carbocycles. The summed E-state index contributed by atoms with van der Waals surface area (Å²) < 4.78 is 3.38. The van der Waals surface area contributed by atoms with Crippen LogP contribution in [0.15, 0.2) is 65.8 Å². The van der Waals surface area contributed by atoms with Gasteiger partial charge in [-0.15, -0.1) is 0 Å². The fourth-order valence-electron chi connectivity index (χ4n) is 2.97. The number of nitrogens with zero attached hydrogens (tertiary/aromatic N) is 4. The molecule has 0 fully saturated rings. The number of aromatic nitrogens is 5. The number of hydrogen-bond acceptors (Lipinski definition) is 5. The highest BCUT2D eigenvalue weighted by Gasteiger charge is 2.08. The van der Waals surface area contributed by atoms with Crippen LogP contribution in [0.1, 0.15) is 12.0 Å². The minimum atomic E-state index is -0.199. The predicted octanol–water partition coefficient (Wildman–Crippen LogP) is 2.35. The van der Waals surface area contributed by atoms with E-state index < -0.39 is 0 Å². The third-order valence-corrected chi connectivity index (χ3v) is 4.81. The number of fused-ring (bicyclic) bond motifs is 1. The number of nitrogens with one attached hydrogen (secondary N) is 2. The molecule has 4 rings (SSSR count). The second-order valence-electron chi connectivity index (χ2n) is 6.43. The number of hydrogen-bond donors (Lipinski definition) is 2. The lowest BCUT2D eigenvalue weighted by molar-refractivity contribution is -0.121. The van der Waals surface area contributed by atoms with Crippen LogP contribution >= 0.6 is 12.2 Å².